The van der Waals surface area contributed by atoms with Crippen molar-refractivity contribution in [2.45, 2.75) is 13.0 Å². The van der Waals surface area contributed by atoms with Gasteiger partial charge in [-0.2, -0.15) is 0 Å². The monoisotopic (exact) mass is 355 g/mol. The SMILES string of the molecule is CCOC(=O)CNC(c1ccc(N(C)C)cc1)c1ccc(N(C)C)cc1. The van der Waals surface area contributed by atoms with Crippen LogP contribution in [0.5, 0.6) is 0 Å². The van der Waals surface area contributed by atoms with Crippen LogP contribution < -0.4 is 15.1 Å². The Morgan fingerprint density at radius 1 is 0.885 bits per heavy atom. The van der Waals surface area contributed by atoms with Crippen molar-refractivity contribution in [3.63, 3.8) is 0 Å². The van der Waals surface area contributed by atoms with Gasteiger partial charge in [0, 0.05) is 39.6 Å². The van der Waals surface area contributed by atoms with E-state index in [0.717, 1.165) is 22.5 Å². The van der Waals surface area contributed by atoms with E-state index in [-0.39, 0.29) is 18.6 Å². The molecule has 0 aromatic heterocycles. The molecule has 0 heterocycles. The van der Waals surface area contributed by atoms with Crippen molar-refractivity contribution < 1.29 is 9.53 Å². The maximum atomic E-state index is 11.8. The number of carbonyl (C=O) groups is 1. The van der Waals surface area contributed by atoms with Gasteiger partial charge in [0.25, 0.3) is 0 Å². The fourth-order valence-electron chi connectivity index (χ4n) is 2.76. The third-order valence-corrected chi connectivity index (χ3v) is 4.24. The van der Waals surface area contributed by atoms with Gasteiger partial charge in [-0.3, -0.25) is 10.1 Å². The van der Waals surface area contributed by atoms with E-state index in [1.165, 1.54) is 0 Å². The number of rotatable bonds is 8. The molecular formula is C21H29N3O2. The number of ether oxygens (including phenoxy) is 1. The number of hydrogen-bond donors (Lipinski definition) is 1. The molecule has 0 spiro atoms. The Labute approximate surface area is 156 Å². The van der Waals surface area contributed by atoms with E-state index in [9.17, 15) is 4.79 Å². The minimum Gasteiger partial charge on any atom is -0.465 e. The summed E-state index contributed by atoms with van der Waals surface area (Å²) in [5, 5.41) is 3.33. The number of nitrogens with zero attached hydrogens (tertiary/aromatic N) is 2. The summed E-state index contributed by atoms with van der Waals surface area (Å²) in [7, 11) is 8.08. The van der Waals surface area contributed by atoms with Gasteiger partial charge in [0.1, 0.15) is 0 Å². The largest absolute Gasteiger partial charge is 0.465 e. The molecule has 0 aliphatic carbocycles. The molecule has 26 heavy (non-hydrogen) atoms. The highest BCUT2D eigenvalue weighted by Gasteiger charge is 2.16. The Morgan fingerprint density at radius 2 is 1.31 bits per heavy atom. The first kappa shape index (κ1) is 19.8. The van der Waals surface area contributed by atoms with Crippen LogP contribution in [0.3, 0.4) is 0 Å². The van der Waals surface area contributed by atoms with E-state index in [2.05, 4.69) is 63.6 Å². The van der Waals surface area contributed by atoms with Crippen molar-refractivity contribution in [1.29, 1.82) is 0 Å². The van der Waals surface area contributed by atoms with E-state index >= 15 is 0 Å². The van der Waals surface area contributed by atoms with Crippen molar-refractivity contribution in [3.05, 3.63) is 59.7 Å². The second-order valence-corrected chi connectivity index (χ2v) is 6.59. The molecule has 0 bridgehead atoms. The average molecular weight is 355 g/mol. The quantitative estimate of drug-likeness (QED) is 0.738. The van der Waals surface area contributed by atoms with Crippen LogP contribution in [-0.4, -0.2) is 47.3 Å². The molecule has 0 amide bonds. The maximum Gasteiger partial charge on any atom is 0.319 e. The van der Waals surface area contributed by atoms with E-state index in [1.54, 1.807) is 0 Å². The van der Waals surface area contributed by atoms with Gasteiger partial charge in [-0.15, -0.1) is 0 Å². The Morgan fingerprint density at radius 3 is 1.65 bits per heavy atom. The lowest BCUT2D eigenvalue weighted by molar-refractivity contribution is -0.142. The smallest absolute Gasteiger partial charge is 0.319 e. The zero-order chi connectivity index (χ0) is 19.1. The molecule has 0 saturated heterocycles. The average Bonchev–Trinajstić information content (AvgIpc) is 2.63. The van der Waals surface area contributed by atoms with Gasteiger partial charge in [0.15, 0.2) is 0 Å². The second-order valence-electron chi connectivity index (χ2n) is 6.59. The van der Waals surface area contributed by atoms with E-state index in [0.29, 0.717) is 6.61 Å². The van der Waals surface area contributed by atoms with Crippen molar-refractivity contribution in [2.24, 2.45) is 0 Å². The third-order valence-electron chi connectivity index (χ3n) is 4.24. The van der Waals surface area contributed by atoms with E-state index < -0.39 is 0 Å². The zero-order valence-electron chi connectivity index (χ0n) is 16.3. The van der Waals surface area contributed by atoms with Gasteiger partial charge in [-0.1, -0.05) is 24.3 Å². The topological polar surface area (TPSA) is 44.8 Å². The molecule has 2 aromatic carbocycles. The molecule has 5 nitrogen and oxygen atoms in total. The number of benzene rings is 2. The molecule has 1 N–H and O–H groups in total. The predicted octanol–water partition coefficient (Wildman–Crippen LogP) is 3.06. The van der Waals surface area contributed by atoms with Gasteiger partial charge < -0.3 is 14.5 Å². The molecule has 0 saturated carbocycles. The summed E-state index contributed by atoms with van der Waals surface area (Å²) in [6.45, 7) is 2.37. The molecule has 0 aliphatic heterocycles. The van der Waals surface area contributed by atoms with Gasteiger partial charge in [-0.25, -0.2) is 0 Å². The Bertz CT molecular complexity index is 643. The van der Waals surface area contributed by atoms with Crippen LogP contribution in [-0.2, 0) is 9.53 Å². The third kappa shape index (κ3) is 5.23. The van der Waals surface area contributed by atoms with Crippen molar-refractivity contribution in [3.8, 4) is 0 Å². The molecule has 2 rings (SSSR count). The fourth-order valence-corrected chi connectivity index (χ4v) is 2.76. The number of esters is 1. The number of anilines is 2. The minimum absolute atomic E-state index is 0.0770. The number of carbonyl (C=O) groups excluding carboxylic acids is 1. The first-order valence-corrected chi connectivity index (χ1v) is 8.86. The fraction of sp³-hybridized carbons (Fsp3) is 0.381. The molecule has 5 heteroatoms. The standard InChI is InChI=1S/C21H29N3O2/c1-6-26-20(25)15-22-21(16-7-11-18(12-8-16)23(2)3)17-9-13-19(14-10-17)24(4)5/h7-14,21-22H,6,15H2,1-5H3. The first-order chi connectivity index (χ1) is 12.4. The molecule has 0 fully saturated rings. The highest BCUT2D eigenvalue weighted by Crippen LogP contribution is 2.26. The molecule has 0 aliphatic rings. The Kier molecular flexibility index (Phi) is 7.04. The van der Waals surface area contributed by atoms with Crippen LogP contribution in [0, 0.1) is 0 Å². The van der Waals surface area contributed by atoms with Crippen LogP contribution >= 0.6 is 0 Å². The number of hydrogen-bond acceptors (Lipinski definition) is 5. The molecule has 0 atom stereocenters. The van der Waals surface area contributed by atoms with Gasteiger partial charge in [0.05, 0.1) is 19.2 Å². The summed E-state index contributed by atoms with van der Waals surface area (Å²) in [6.07, 6.45) is 0. The summed E-state index contributed by atoms with van der Waals surface area (Å²) in [5.41, 5.74) is 4.50. The minimum atomic E-state index is -0.243. The first-order valence-electron chi connectivity index (χ1n) is 8.86. The number of nitrogens with one attached hydrogen (secondary N) is 1. The Hall–Kier alpha value is -2.53. The summed E-state index contributed by atoms with van der Waals surface area (Å²) in [4.78, 5) is 15.9. The van der Waals surface area contributed by atoms with E-state index in [1.807, 2.05) is 35.1 Å². The van der Waals surface area contributed by atoms with Gasteiger partial charge in [-0.05, 0) is 42.3 Å². The lowest BCUT2D eigenvalue weighted by atomic mass is 9.98. The van der Waals surface area contributed by atoms with Crippen molar-refractivity contribution in [1.82, 2.24) is 5.32 Å². The molecule has 0 unspecified atom stereocenters. The molecular weight excluding hydrogens is 326 g/mol. The summed E-state index contributed by atoms with van der Waals surface area (Å²) >= 11 is 0. The van der Waals surface area contributed by atoms with Gasteiger partial charge in [0.2, 0.25) is 0 Å². The van der Waals surface area contributed by atoms with Gasteiger partial charge >= 0.3 is 5.97 Å². The molecule has 140 valence electrons. The van der Waals surface area contributed by atoms with Crippen LogP contribution in [0.1, 0.15) is 24.1 Å². The lowest BCUT2D eigenvalue weighted by Gasteiger charge is -2.22. The highest BCUT2D eigenvalue weighted by atomic mass is 16.5. The summed E-state index contributed by atoms with van der Waals surface area (Å²) in [5.74, 6) is -0.243. The van der Waals surface area contributed by atoms with Crippen molar-refractivity contribution >= 4 is 17.3 Å². The lowest BCUT2D eigenvalue weighted by Crippen LogP contribution is -2.29. The summed E-state index contributed by atoms with van der Waals surface area (Å²) in [6, 6.07) is 16.6. The maximum absolute atomic E-state index is 11.8. The Balaban J connectivity index is 2.27. The van der Waals surface area contributed by atoms with Crippen LogP contribution in [0.4, 0.5) is 11.4 Å². The predicted molar refractivity (Wildman–Crippen MR) is 108 cm³/mol. The second kappa shape index (κ2) is 9.25. The summed E-state index contributed by atoms with van der Waals surface area (Å²) < 4.78 is 5.05. The van der Waals surface area contributed by atoms with E-state index in [4.69, 9.17) is 4.74 Å². The highest BCUT2D eigenvalue weighted by molar-refractivity contribution is 5.71. The zero-order valence-corrected chi connectivity index (χ0v) is 16.3. The molecule has 0 radical (unpaired) electrons. The van der Waals surface area contributed by atoms with Crippen molar-refractivity contribution in [2.75, 3.05) is 51.1 Å². The molecule has 2 aromatic rings. The normalized spacial score (nSPS) is 10.7. The van der Waals surface area contributed by atoms with Crippen LogP contribution in [0.15, 0.2) is 48.5 Å². The van der Waals surface area contributed by atoms with Crippen LogP contribution in [0.25, 0.3) is 0 Å². The van der Waals surface area contributed by atoms with Crippen LogP contribution in [0.2, 0.25) is 0 Å².